The first-order valence-electron chi connectivity index (χ1n) is 9.22. The molecule has 9 nitrogen and oxygen atoms in total. The molecule has 1 aromatic carbocycles. The van der Waals surface area contributed by atoms with Crippen LogP contribution in [-0.4, -0.2) is 48.0 Å². The average Bonchev–Trinajstić information content (AvgIpc) is 3.44. The smallest absolute Gasteiger partial charge is 0.221 e. The van der Waals surface area contributed by atoms with Gasteiger partial charge >= 0.3 is 0 Å². The largest absolute Gasteiger partial charge is 0.379 e. The molecule has 1 aliphatic heterocycles. The molecule has 0 amide bonds. The van der Waals surface area contributed by atoms with Crippen molar-refractivity contribution < 1.29 is 4.74 Å². The average molecular weight is 376 g/mol. The Morgan fingerprint density at radius 3 is 3.04 bits per heavy atom. The first-order chi connectivity index (χ1) is 13.7. The van der Waals surface area contributed by atoms with Crippen molar-refractivity contribution in [3.05, 3.63) is 47.9 Å². The maximum absolute atomic E-state index is 5.92. The Hall–Kier alpha value is -3.33. The molecule has 28 heavy (non-hydrogen) atoms. The number of fused-ring (bicyclic) bond motifs is 1. The van der Waals surface area contributed by atoms with Gasteiger partial charge in [-0.3, -0.25) is 4.68 Å². The van der Waals surface area contributed by atoms with Crippen LogP contribution in [0.3, 0.4) is 0 Å². The number of aromatic nitrogens is 7. The van der Waals surface area contributed by atoms with Crippen molar-refractivity contribution in [2.45, 2.75) is 25.9 Å². The number of rotatable bonds is 4. The molecule has 0 spiro atoms. The molecule has 0 bridgehead atoms. The number of nitrogens with two attached hydrogens (primary N) is 1. The Balaban J connectivity index is 1.44. The normalized spacial score (nSPS) is 16.8. The number of para-hydroxylation sites is 1. The van der Waals surface area contributed by atoms with E-state index in [-0.39, 0.29) is 5.95 Å². The molecule has 0 aliphatic carbocycles. The lowest BCUT2D eigenvalue weighted by molar-refractivity contribution is 0.184. The number of nitrogen functional groups attached to an aromatic ring is 1. The zero-order valence-electron chi connectivity index (χ0n) is 15.5. The van der Waals surface area contributed by atoms with Crippen LogP contribution in [0.4, 0.5) is 5.95 Å². The van der Waals surface area contributed by atoms with Gasteiger partial charge in [-0.1, -0.05) is 23.4 Å². The molecule has 3 aromatic heterocycles. The second-order valence-corrected chi connectivity index (χ2v) is 7.01. The SMILES string of the molecule is Cc1cccc2c(-c3cn(Cc4ccn([C@H]5CCOC5)n4)nn3)nc(N)nc12. The number of hydrogen-bond donors (Lipinski definition) is 1. The summed E-state index contributed by atoms with van der Waals surface area (Å²) in [6.45, 7) is 4.05. The minimum Gasteiger partial charge on any atom is -0.379 e. The summed E-state index contributed by atoms with van der Waals surface area (Å²) in [7, 11) is 0. The van der Waals surface area contributed by atoms with Crippen LogP contribution in [0.1, 0.15) is 23.7 Å². The summed E-state index contributed by atoms with van der Waals surface area (Å²) in [5, 5.41) is 14.1. The van der Waals surface area contributed by atoms with Crippen molar-refractivity contribution in [2.75, 3.05) is 18.9 Å². The van der Waals surface area contributed by atoms with Crippen LogP contribution >= 0.6 is 0 Å². The lowest BCUT2D eigenvalue weighted by atomic mass is 10.1. The van der Waals surface area contributed by atoms with Gasteiger partial charge in [0.05, 0.1) is 36.6 Å². The molecule has 1 fully saturated rings. The fraction of sp³-hybridized carbons (Fsp3) is 0.316. The predicted octanol–water partition coefficient (Wildman–Crippen LogP) is 1.99. The third-order valence-corrected chi connectivity index (χ3v) is 4.99. The summed E-state index contributed by atoms with van der Waals surface area (Å²) in [5.41, 5.74) is 10.1. The number of benzene rings is 1. The Morgan fingerprint density at radius 1 is 1.25 bits per heavy atom. The quantitative estimate of drug-likeness (QED) is 0.580. The van der Waals surface area contributed by atoms with Gasteiger partial charge in [0.1, 0.15) is 11.4 Å². The summed E-state index contributed by atoms with van der Waals surface area (Å²) in [5.74, 6) is 0.226. The van der Waals surface area contributed by atoms with E-state index in [1.54, 1.807) is 4.68 Å². The number of nitrogens with zero attached hydrogens (tertiary/aromatic N) is 7. The lowest BCUT2D eigenvalue weighted by Gasteiger charge is -2.07. The highest BCUT2D eigenvalue weighted by Gasteiger charge is 2.19. The number of hydrogen-bond acceptors (Lipinski definition) is 7. The highest BCUT2D eigenvalue weighted by atomic mass is 16.5. The number of anilines is 1. The molecular weight excluding hydrogens is 356 g/mol. The first kappa shape index (κ1) is 16.8. The van der Waals surface area contributed by atoms with Gasteiger partial charge in [0.15, 0.2) is 0 Å². The molecule has 4 aromatic rings. The van der Waals surface area contributed by atoms with Crippen LogP contribution in [-0.2, 0) is 11.3 Å². The maximum Gasteiger partial charge on any atom is 0.221 e. The van der Waals surface area contributed by atoms with E-state index >= 15 is 0 Å². The van der Waals surface area contributed by atoms with E-state index in [2.05, 4.69) is 25.4 Å². The van der Waals surface area contributed by atoms with Crippen LogP contribution < -0.4 is 5.73 Å². The van der Waals surface area contributed by atoms with Gasteiger partial charge in [-0.25, -0.2) is 14.6 Å². The molecular formula is C19H20N8O. The molecule has 2 N–H and O–H groups in total. The van der Waals surface area contributed by atoms with Gasteiger partial charge < -0.3 is 10.5 Å². The van der Waals surface area contributed by atoms with Gasteiger partial charge in [0.25, 0.3) is 0 Å². The van der Waals surface area contributed by atoms with Crippen LogP contribution in [0.25, 0.3) is 22.3 Å². The lowest BCUT2D eigenvalue weighted by Crippen LogP contribution is -2.10. The molecule has 1 saturated heterocycles. The first-order valence-corrected chi connectivity index (χ1v) is 9.22. The van der Waals surface area contributed by atoms with Gasteiger partial charge in [-0.2, -0.15) is 5.10 Å². The van der Waals surface area contributed by atoms with Crippen LogP contribution in [0, 0.1) is 6.92 Å². The summed E-state index contributed by atoms with van der Waals surface area (Å²) >= 11 is 0. The Labute approximate surface area is 161 Å². The second kappa shape index (κ2) is 6.68. The Bertz CT molecular complexity index is 1140. The molecule has 1 atom stereocenters. The van der Waals surface area contributed by atoms with Gasteiger partial charge in [0, 0.05) is 18.2 Å². The third kappa shape index (κ3) is 2.99. The van der Waals surface area contributed by atoms with E-state index in [1.807, 2.05) is 48.3 Å². The van der Waals surface area contributed by atoms with Gasteiger partial charge in [-0.15, -0.1) is 5.10 Å². The van der Waals surface area contributed by atoms with E-state index in [0.29, 0.717) is 24.0 Å². The minimum atomic E-state index is 0.226. The van der Waals surface area contributed by atoms with Crippen molar-refractivity contribution in [3.63, 3.8) is 0 Å². The van der Waals surface area contributed by atoms with Gasteiger partial charge in [-0.05, 0) is 25.0 Å². The zero-order chi connectivity index (χ0) is 19.1. The zero-order valence-corrected chi connectivity index (χ0v) is 15.5. The highest BCUT2D eigenvalue weighted by molar-refractivity contribution is 5.93. The molecule has 5 rings (SSSR count). The number of ether oxygens (including phenoxy) is 1. The highest BCUT2D eigenvalue weighted by Crippen LogP contribution is 2.27. The summed E-state index contributed by atoms with van der Waals surface area (Å²) in [4.78, 5) is 8.77. The fourth-order valence-corrected chi connectivity index (χ4v) is 3.55. The van der Waals surface area contributed by atoms with Gasteiger partial charge in [0.2, 0.25) is 5.95 Å². The summed E-state index contributed by atoms with van der Waals surface area (Å²) in [6, 6.07) is 8.27. The van der Waals surface area contributed by atoms with Crippen molar-refractivity contribution in [2.24, 2.45) is 0 Å². The van der Waals surface area contributed by atoms with E-state index in [4.69, 9.17) is 10.5 Å². The topological polar surface area (TPSA) is 110 Å². The molecule has 142 valence electrons. The van der Waals surface area contributed by atoms with Crippen molar-refractivity contribution in [3.8, 4) is 11.4 Å². The summed E-state index contributed by atoms with van der Waals surface area (Å²) in [6.07, 6.45) is 4.85. The Kier molecular flexibility index (Phi) is 4.01. The second-order valence-electron chi connectivity index (χ2n) is 7.01. The van der Waals surface area contributed by atoms with E-state index in [1.165, 1.54) is 0 Å². The van der Waals surface area contributed by atoms with Crippen molar-refractivity contribution >= 4 is 16.9 Å². The predicted molar refractivity (Wildman–Crippen MR) is 104 cm³/mol. The monoisotopic (exact) mass is 376 g/mol. The van der Waals surface area contributed by atoms with E-state index in [9.17, 15) is 0 Å². The fourth-order valence-electron chi connectivity index (χ4n) is 3.55. The molecule has 9 heteroatoms. The Morgan fingerprint density at radius 2 is 2.18 bits per heavy atom. The van der Waals surface area contributed by atoms with Crippen LogP contribution in [0.5, 0.6) is 0 Å². The van der Waals surface area contributed by atoms with Crippen LogP contribution in [0.2, 0.25) is 0 Å². The molecule has 1 aliphatic rings. The van der Waals surface area contributed by atoms with E-state index < -0.39 is 0 Å². The maximum atomic E-state index is 5.92. The molecule has 4 heterocycles. The number of aryl methyl sites for hydroxylation is 1. The minimum absolute atomic E-state index is 0.226. The van der Waals surface area contributed by atoms with Crippen molar-refractivity contribution in [1.29, 1.82) is 0 Å². The molecule has 0 radical (unpaired) electrons. The third-order valence-electron chi connectivity index (χ3n) is 4.99. The van der Waals surface area contributed by atoms with Crippen LogP contribution in [0.15, 0.2) is 36.7 Å². The summed E-state index contributed by atoms with van der Waals surface area (Å²) < 4.78 is 9.16. The standard InChI is InChI=1S/C19H20N8O/c1-12-3-2-4-15-17(12)21-19(20)22-18(15)16-10-26(25-23-16)9-13-5-7-27(24-13)14-6-8-28-11-14/h2-5,7,10,14H,6,8-9,11H2,1H3,(H2,20,21,22)/t14-/m0/s1. The van der Waals surface area contributed by atoms with Crippen molar-refractivity contribution in [1.82, 2.24) is 34.7 Å². The van der Waals surface area contributed by atoms with E-state index in [0.717, 1.165) is 41.8 Å². The molecule has 0 unspecified atom stereocenters. The molecule has 0 saturated carbocycles.